The number of carboxylic acids is 1. The summed E-state index contributed by atoms with van der Waals surface area (Å²) in [6.45, 7) is 3.57. The molecule has 5 N–H and O–H groups in total. The van der Waals surface area contributed by atoms with Crippen LogP contribution in [0.3, 0.4) is 0 Å². The molecule has 0 spiro atoms. The minimum atomic E-state index is -0.996. The van der Waals surface area contributed by atoms with Gasteiger partial charge >= 0.3 is 5.97 Å². The van der Waals surface area contributed by atoms with E-state index in [2.05, 4.69) is 16.0 Å². The van der Waals surface area contributed by atoms with Crippen LogP contribution in [0.25, 0.3) is 0 Å². The van der Waals surface area contributed by atoms with E-state index in [1.54, 1.807) is 26.0 Å². The maximum Gasteiger partial charge on any atom is 0.322 e. The van der Waals surface area contributed by atoms with E-state index in [0.29, 0.717) is 5.56 Å². The van der Waals surface area contributed by atoms with Gasteiger partial charge in [-0.1, -0.05) is 12.1 Å². The van der Waals surface area contributed by atoms with Crippen molar-refractivity contribution in [3.63, 3.8) is 0 Å². The smallest absolute Gasteiger partial charge is 0.322 e. The molecular formula is C16H19N3O5S. The standard InChI is InChI=1S/C16H19N3O5S/c1-16(2)11(15(23)24)19-14(25-16)10-13(22)17-9(12(21)18-10)7-3-5-8(20)6-4-7/h3-6,9-11,14,19-20H,1-2H3,(H,17,22)(H,18,21)(H,23,24)/t9-,10+,11+,14+/m0/s1. The molecule has 0 unspecified atom stereocenters. The summed E-state index contributed by atoms with van der Waals surface area (Å²) >= 11 is 1.32. The second kappa shape index (κ2) is 6.23. The summed E-state index contributed by atoms with van der Waals surface area (Å²) in [5.41, 5.74) is 0.554. The number of benzene rings is 1. The van der Waals surface area contributed by atoms with E-state index in [1.165, 1.54) is 23.9 Å². The Morgan fingerprint density at radius 1 is 1.12 bits per heavy atom. The second-order valence-corrected chi connectivity index (χ2v) is 8.39. The summed E-state index contributed by atoms with van der Waals surface area (Å²) in [5.74, 6) is -1.69. The van der Waals surface area contributed by atoms with Crippen LogP contribution in [0.5, 0.6) is 5.75 Å². The van der Waals surface area contributed by atoms with Gasteiger partial charge in [0.15, 0.2) is 0 Å². The molecule has 2 amide bonds. The van der Waals surface area contributed by atoms with Crippen LogP contribution >= 0.6 is 11.8 Å². The number of carbonyl (C=O) groups is 3. The number of thioether (sulfide) groups is 1. The van der Waals surface area contributed by atoms with Crippen LogP contribution in [-0.2, 0) is 14.4 Å². The van der Waals surface area contributed by atoms with Gasteiger partial charge in [-0.3, -0.25) is 19.7 Å². The van der Waals surface area contributed by atoms with Crippen LogP contribution in [0.15, 0.2) is 24.3 Å². The van der Waals surface area contributed by atoms with E-state index in [-0.39, 0.29) is 17.6 Å². The van der Waals surface area contributed by atoms with E-state index in [4.69, 9.17) is 0 Å². The zero-order valence-electron chi connectivity index (χ0n) is 13.6. The average molecular weight is 365 g/mol. The molecule has 0 bridgehead atoms. The molecule has 2 fully saturated rings. The molecule has 8 nitrogen and oxygen atoms in total. The van der Waals surface area contributed by atoms with Crippen LogP contribution in [0, 0.1) is 0 Å². The Balaban J connectivity index is 1.75. The van der Waals surface area contributed by atoms with Gasteiger partial charge in [0.2, 0.25) is 11.8 Å². The van der Waals surface area contributed by atoms with Crippen LogP contribution in [0.1, 0.15) is 25.5 Å². The molecular weight excluding hydrogens is 346 g/mol. The van der Waals surface area contributed by atoms with Gasteiger partial charge in [-0.15, -0.1) is 11.8 Å². The van der Waals surface area contributed by atoms with Gasteiger partial charge in [-0.25, -0.2) is 0 Å². The van der Waals surface area contributed by atoms with Crippen LogP contribution < -0.4 is 16.0 Å². The van der Waals surface area contributed by atoms with E-state index < -0.39 is 34.2 Å². The number of aliphatic carboxylic acids is 1. The summed E-state index contributed by atoms with van der Waals surface area (Å²) in [7, 11) is 0. The fraction of sp³-hybridized carbons (Fsp3) is 0.438. The monoisotopic (exact) mass is 365 g/mol. The summed E-state index contributed by atoms with van der Waals surface area (Å²) in [4.78, 5) is 36.3. The molecule has 2 aliphatic heterocycles. The van der Waals surface area contributed by atoms with Gasteiger partial charge in [-0.05, 0) is 31.5 Å². The lowest BCUT2D eigenvalue weighted by Gasteiger charge is -2.32. The first-order chi connectivity index (χ1) is 11.7. The molecule has 0 saturated carbocycles. The van der Waals surface area contributed by atoms with Gasteiger partial charge in [0.25, 0.3) is 0 Å². The van der Waals surface area contributed by atoms with Crippen molar-refractivity contribution in [2.75, 3.05) is 0 Å². The van der Waals surface area contributed by atoms with Crippen LogP contribution in [0.2, 0.25) is 0 Å². The Hall–Kier alpha value is -2.26. The number of phenols is 1. The van der Waals surface area contributed by atoms with Crippen molar-refractivity contribution in [3.05, 3.63) is 29.8 Å². The van der Waals surface area contributed by atoms with Crippen molar-refractivity contribution in [1.29, 1.82) is 0 Å². The number of carboxylic acid groups (broad SMARTS) is 1. The van der Waals surface area contributed by atoms with Gasteiger partial charge in [0, 0.05) is 4.75 Å². The minimum absolute atomic E-state index is 0.0673. The third kappa shape index (κ3) is 3.29. The second-order valence-electron chi connectivity index (χ2n) is 6.60. The van der Waals surface area contributed by atoms with Gasteiger partial charge in [0.05, 0.1) is 5.37 Å². The summed E-state index contributed by atoms with van der Waals surface area (Å²) in [5, 5.41) is 26.4. The SMILES string of the molecule is CC1(C)S[C@H]([C@@H]2NC(=O)[C@H](c3ccc(O)cc3)NC2=O)N[C@@H]1C(=O)O. The number of rotatable bonds is 3. The third-order valence-electron chi connectivity index (χ3n) is 4.36. The number of aromatic hydroxyl groups is 1. The molecule has 2 saturated heterocycles. The highest BCUT2D eigenvalue weighted by atomic mass is 32.2. The highest BCUT2D eigenvalue weighted by Gasteiger charge is 2.50. The summed E-state index contributed by atoms with van der Waals surface area (Å²) in [6.07, 6.45) is 0. The predicted octanol–water partition coefficient (Wildman–Crippen LogP) is -0.0578. The van der Waals surface area contributed by atoms with Crippen LogP contribution in [-0.4, -0.2) is 50.2 Å². The minimum Gasteiger partial charge on any atom is -0.508 e. The normalized spacial score (nSPS) is 31.3. The molecule has 0 aromatic heterocycles. The van der Waals surface area contributed by atoms with Crippen molar-refractivity contribution >= 4 is 29.5 Å². The van der Waals surface area contributed by atoms with Gasteiger partial charge in [-0.2, -0.15) is 0 Å². The number of hydrogen-bond acceptors (Lipinski definition) is 6. The highest BCUT2D eigenvalue weighted by molar-refractivity contribution is 8.01. The molecule has 25 heavy (non-hydrogen) atoms. The number of hydrogen-bond donors (Lipinski definition) is 5. The summed E-state index contributed by atoms with van der Waals surface area (Å²) < 4.78 is -0.616. The lowest BCUT2D eigenvalue weighted by Crippen LogP contribution is -2.63. The number of piperazine rings is 1. The largest absolute Gasteiger partial charge is 0.508 e. The number of phenolic OH excluding ortho intramolecular Hbond substituents is 1. The van der Waals surface area contributed by atoms with Gasteiger partial charge < -0.3 is 20.8 Å². The topological polar surface area (TPSA) is 128 Å². The summed E-state index contributed by atoms with van der Waals surface area (Å²) in [6, 6.07) is 3.47. The van der Waals surface area contributed by atoms with E-state index in [9.17, 15) is 24.6 Å². The van der Waals surface area contributed by atoms with Crippen molar-refractivity contribution in [1.82, 2.24) is 16.0 Å². The molecule has 4 atom stereocenters. The first kappa shape index (κ1) is 17.6. The zero-order valence-corrected chi connectivity index (χ0v) is 14.5. The molecule has 0 aliphatic carbocycles. The lowest BCUT2D eigenvalue weighted by atomic mass is 10.0. The molecule has 134 valence electrons. The maximum atomic E-state index is 12.5. The Morgan fingerprint density at radius 3 is 2.32 bits per heavy atom. The molecule has 3 rings (SSSR count). The molecule has 1 aromatic carbocycles. The van der Waals surface area contributed by atoms with Crippen molar-refractivity contribution in [2.24, 2.45) is 0 Å². The number of nitrogens with one attached hydrogen (secondary N) is 3. The number of carbonyl (C=O) groups excluding carboxylic acids is 2. The first-order valence-electron chi connectivity index (χ1n) is 7.75. The van der Waals surface area contributed by atoms with E-state index >= 15 is 0 Å². The highest BCUT2D eigenvalue weighted by Crippen LogP contribution is 2.39. The molecule has 0 radical (unpaired) electrons. The predicted molar refractivity (Wildman–Crippen MR) is 90.9 cm³/mol. The first-order valence-corrected chi connectivity index (χ1v) is 8.63. The Morgan fingerprint density at radius 2 is 1.76 bits per heavy atom. The molecule has 2 heterocycles. The van der Waals surface area contributed by atoms with Crippen LogP contribution in [0.4, 0.5) is 0 Å². The fourth-order valence-electron chi connectivity index (χ4n) is 3.04. The van der Waals surface area contributed by atoms with Crippen molar-refractivity contribution in [3.8, 4) is 5.75 Å². The average Bonchev–Trinajstić information content (AvgIpc) is 2.85. The Bertz CT molecular complexity index is 721. The fourth-order valence-corrected chi connectivity index (χ4v) is 4.53. The van der Waals surface area contributed by atoms with E-state index in [1.807, 2.05) is 0 Å². The quantitative estimate of drug-likeness (QED) is 0.508. The Labute approximate surface area is 148 Å². The van der Waals surface area contributed by atoms with Crippen molar-refractivity contribution in [2.45, 2.75) is 42.1 Å². The maximum absolute atomic E-state index is 12.5. The van der Waals surface area contributed by atoms with E-state index in [0.717, 1.165) is 0 Å². The zero-order chi connectivity index (χ0) is 18.4. The molecule has 2 aliphatic rings. The van der Waals surface area contributed by atoms with Crippen molar-refractivity contribution < 1.29 is 24.6 Å². The lowest BCUT2D eigenvalue weighted by molar-refractivity contribution is -0.140. The van der Waals surface area contributed by atoms with Gasteiger partial charge in [0.1, 0.15) is 23.9 Å². The molecule has 9 heteroatoms. The Kier molecular flexibility index (Phi) is 4.38. The third-order valence-corrected chi connectivity index (χ3v) is 5.87. The molecule has 1 aromatic rings. The number of amides is 2.